The molecule has 1 rings (SSSR count). The van der Waals surface area contributed by atoms with Crippen LogP contribution >= 0.6 is 11.8 Å². The molecule has 0 spiro atoms. The van der Waals surface area contributed by atoms with Crippen molar-refractivity contribution in [2.45, 2.75) is 56.4 Å². The van der Waals surface area contributed by atoms with Crippen LogP contribution in [0.2, 0.25) is 0 Å². The summed E-state index contributed by atoms with van der Waals surface area (Å²) >= 11 is 2.02. The Morgan fingerprint density at radius 1 is 1.40 bits per heavy atom. The van der Waals surface area contributed by atoms with E-state index in [0.717, 1.165) is 18.3 Å². The molecule has 0 saturated heterocycles. The highest BCUT2D eigenvalue weighted by Gasteiger charge is 2.25. The second-order valence-corrected chi connectivity index (χ2v) is 5.47. The van der Waals surface area contributed by atoms with Crippen LogP contribution in [0.5, 0.6) is 0 Å². The molecule has 0 aromatic carbocycles. The minimum Gasteiger partial charge on any atom is -0.383 e. The van der Waals surface area contributed by atoms with Crippen LogP contribution in [0.4, 0.5) is 0 Å². The van der Waals surface area contributed by atoms with Gasteiger partial charge in [0.15, 0.2) is 0 Å². The number of hydrogen-bond acceptors (Lipinski definition) is 3. The number of ether oxygens (including phenoxy) is 1. The number of nitrogens with one attached hydrogen (secondary N) is 1. The minimum absolute atomic E-state index is 0.535. The van der Waals surface area contributed by atoms with Crippen molar-refractivity contribution in [2.24, 2.45) is 0 Å². The summed E-state index contributed by atoms with van der Waals surface area (Å²) in [6.45, 7) is 3.07. The Morgan fingerprint density at radius 2 is 2.13 bits per heavy atom. The third-order valence-corrected chi connectivity index (χ3v) is 4.49. The van der Waals surface area contributed by atoms with E-state index >= 15 is 0 Å². The fourth-order valence-electron chi connectivity index (χ4n) is 2.36. The molecule has 0 aromatic rings. The van der Waals surface area contributed by atoms with Gasteiger partial charge in [-0.2, -0.15) is 11.8 Å². The van der Waals surface area contributed by atoms with E-state index in [4.69, 9.17) is 4.74 Å². The lowest BCUT2D eigenvalue weighted by molar-refractivity contribution is 0.154. The van der Waals surface area contributed by atoms with Crippen LogP contribution in [-0.4, -0.2) is 37.3 Å². The molecule has 0 aliphatic heterocycles. The van der Waals surface area contributed by atoms with Crippen LogP contribution < -0.4 is 5.32 Å². The van der Waals surface area contributed by atoms with Crippen LogP contribution in [0, 0.1) is 0 Å². The molecule has 2 nitrogen and oxygen atoms in total. The molecule has 1 aliphatic rings. The third kappa shape index (κ3) is 4.33. The van der Waals surface area contributed by atoms with Gasteiger partial charge < -0.3 is 10.1 Å². The topological polar surface area (TPSA) is 21.3 Å². The Morgan fingerprint density at radius 3 is 2.73 bits per heavy atom. The van der Waals surface area contributed by atoms with E-state index in [1.165, 1.54) is 25.7 Å². The second kappa shape index (κ2) is 7.53. The monoisotopic (exact) mass is 231 g/mol. The lowest BCUT2D eigenvalue weighted by atomic mass is 9.94. The van der Waals surface area contributed by atoms with Crippen LogP contribution in [0.3, 0.4) is 0 Å². The third-order valence-electron chi connectivity index (χ3n) is 3.32. The molecule has 1 N–H and O–H groups in total. The summed E-state index contributed by atoms with van der Waals surface area (Å²) in [5, 5.41) is 4.57. The van der Waals surface area contributed by atoms with Crippen LogP contribution in [0.25, 0.3) is 0 Å². The molecule has 1 fully saturated rings. The van der Waals surface area contributed by atoms with Crippen molar-refractivity contribution in [3.05, 3.63) is 0 Å². The van der Waals surface area contributed by atoms with Crippen molar-refractivity contribution < 1.29 is 4.74 Å². The smallest absolute Gasteiger partial charge is 0.0615 e. The molecule has 1 aliphatic carbocycles. The van der Waals surface area contributed by atoms with Crippen molar-refractivity contribution in [2.75, 3.05) is 20.0 Å². The van der Waals surface area contributed by atoms with Gasteiger partial charge in [-0.05, 0) is 25.5 Å². The second-order valence-electron chi connectivity index (χ2n) is 4.39. The Hall–Kier alpha value is 0.270. The first-order valence-electron chi connectivity index (χ1n) is 6.09. The molecule has 15 heavy (non-hydrogen) atoms. The van der Waals surface area contributed by atoms with Crippen molar-refractivity contribution in [1.82, 2.24) is 5.32 Å². The largest absolute Gasteiger partial charge is 0.383 e. The van der Waals surface area contributed by atoms with E-state index in [9.17, 15) is 0 Å². The first-order valence-corrected chi connectivity index (χ1v) is 7.38. The maximum atomic E-state index is 5.24. The maximum Gasteiger partial charge on any atom is 0.0615 e. The molecule has 90 valence electrons. The van der Waals surface area contributed by atoms with E-state index in [-0.39, 0.29) is 0 Å². The molecule has 1 saturated carbocycles. The highest BCUT2D eigenvalue weighted by Crippen LogP contribution is 2.27. The van der Waals surface area contributed by atoms with E-state index in [0.29, 0.717) is 12.1 Å². The van der Waals surface area contributed by atoms with Crippen LogP contribution in [0.15, 0.2) is 0 Å². The Balaban J connectivity index is 2.38. The summed E-state index contributed by atoms with van der Waals surface area (Å²) in [6, 6.07) is 1.24. The van der Waals surface area contributed by atoms with Gasteiger partial charge in [0, 0.05) is 24.4 Å². The van der Waals surface area contributed by atoms with Crippen LogP contribution in [0.1, 0.15) is 39.0 Å². The number of thioether (sulfide) groups is 1. The molecule has 3 atom stereocenters. The molecular weight excluding hydrogens is 206 g/mol. The number of rotatable bonds is 6. The Kier molecular flexibility index (Phi) is 6.69. The van der Waals surface area contributed by atoms with Gasteiger partial charge in [-0.3, -0.25) is 0 Å². The van der Waals surface area contributed by atoms with Crippen molar-refractivity contribution in [3.8, 4) is 0 Å². The van der Waals surface area contributed by atoms with Gasteiger partial charge in [-0.15, -0.1) is 0 Å². The standard InChI is InChI=1S/C12H25NOS/c1-4-10(9-14-2)13-11-7-5-6-8-12(11)15-3/h10-13H,4-9H2,1-3H3. The SMILES string of the molecule is CCC(COC)NC1CCCCC1SC. The molecule has 0 heterocycles. The lowest BCUT2D eigenvalue weighted by Crippen LogP contribution is -2.47. The van der Waals surface area contributed by atoms with Gasteiger partial charge in [-0.25, -0.2) is 0 Å². The zero-order chi connectivity index (χ0) is 11.1. The quantitative estimate of drug-likeness (QED) is 0.759. The van der Waals surface area contributed by atoms with E-state index in [2.05, 4.69) is 18.5 Å². The van der Waals surface area contributed by atoms with Crippen molar-refractivity contribution in [3.63, 3.8) is 0 Å². The summed E-state index contributed by atoms with van der Waals surface area (Å²) in [4.78, 5) is 0. The average Bonchev–Trinajstić information content (AvgIpc) is 2.29. The molecule has 0 aromatic heterocycles. The zero-order valence-corrected chi connectivity index (χ0v) is 11.1. The first-order chi connectivity index (χ1) is 7.31. The fourth-order valence-corrected chi connectivity index (χ4v) is 3.30. The number of methoxy groups -OCH3 is 1. The number of hydrogen-bond donors (Lipinski definition) is 1. The predicted molar refractivity (Wildman–Crippen MR) is 68.6 cm³/mol. The van der Waals surface area contributed by atoms with E-state index in [1.807, 2.05) is 11.8 Å². The van der Waals surface area contributed by atoms with E-state index < -0.39 is 0 Å². The normalized spacial score (nSPS) is 29.0. The fraction of sp³-hybridized carbons (Fsp3) is 1.00. The van der Waals surface area contributed by atoms with Gasteiger partial charge in [0.2, 0.25) is 0 Å². The summed E-state index contributed by atoms with van der Waals surface area (Å²) in [5.41, 5.74) is 0. The average molecular weight is 231 g/mol. The van der Waals surface area contributed by atoms with Crippen LogP contribution in [-0.2, 0) is 4.74 Å². The van der Waals surface area contributed by atoms with Gasteiger partial charge in [0.05, 0.1) is 6.61 Å². The molecular formula is C12H25NOS. The van der Waals surface area contributed by atoms with Crippen molar-refractivity contribution in [1.29, 1.82) is 0 Å². The Bertz CT molecular complexity index is 166. The maximum absolute atomic E-state index is 5.24. The molecule has 0 bridgehead atoms. The molecule has 0 radical (unpaired) electrons. The summed E-state index contributed by atoms with van der Waals surface area (Å²) in [5.74, 6) is 0. The summed E-state index contributed by atoms with van der Waals surface area (Å²) in [6.07, 6.45) is 8.91. The molecule has 0 amide bonds. The van der Waals surface area contributed by atoms with Gasteiger partial charge in [0.1, 0.15) is 0 Å². The first kappa shape index (κ1) is 13.3. The summed E-state index contributed by atoms with van der Waals surface area (Å²) in [7, 11) is 1.79. The highest BCUT2D eigenvalue weighted by molar-refractivity contribution is 7.99. The van der Waals surface area contributed by atoms with E-state index in [1.54, 1.807) is 7.11 Å². The molecule has 3 unspecified atom stereocenters. The minimum atomic E-state index is 0.535. The molecule has 3 heteroatoms. The Labute approximate surface area is 98.5 Å². The van der Waals surface area contributed by atoms with Gasteiger partial charge >= 0.3 is 0 Å². The van der Waals surface area contributed by atoms with Gasteiger partial charge in [-0.1, -0.05) is 19.8 Å². The summed E-state index contributed by atoms with van der Waals surface area (Å²) < 4.78 is 5.24. The highest BCUT2D eigenvalue weighted by atomic mass is 32.2. The lowest BCUT2D eigenvalue weighted by Gasteiger charge is -2.34. The predicted octanol–water partition coefficient (Wildman–Crippen LogP) is 2.68. The van der Waals surface area contributed by atoms with Crippen molar-refractivity contribution >= 4 is 11.8 Å². The zero-order valence-electron chi connectivity index (χ0n) is 10.3. The van der Waals surface area contributed by atoms with Gasteiger partial charge in [0.25, 0.3) is 0 Å².